The molecule has 0 fully saturated rings. The van der Waals surface area contributed by atoms with E-state index >= 15 is 0 Å². The number of imide groups is 1. The van der Waals surface area contributed by atoms with Crippen molar-refractivity contribution in [3.8, 4) is 12.1 Å². The molecule has 5 heteroatoms. The van der Waals surface area contributed by atoms with Crippen LogP contribution in [0.4, 0.5) is 0 Å². The summed E-state index contributed by atoms with van der Waals surface area (Å²) in [5, 5.41) is 20.4. The second kappa shape index (κ2) is 8.71. The van der Waals surface area contributed by atoms with Crippen molar-refractivity contribution >= 4 is 17.9 Å². The van der Waals surface area contributed by atoms with Crippen LogP contribution < -0.4 is 0 Å². The third-order valence-electron chi connectivity index (χ3n) is 5.61. The third kappa shape index (κ3) is 3.57. The molecule has 32 heavy (non-hydrogen) atoms. The van der Waals surface area contributed by atoms with Gasteiger partial charge in [0.05, 0.1) is 29.3 Å². The lowest BCUT2D eigenvalue weighted by molar-refractivity contribution is 0.0508. The number of allylic oxidation sites excluding steroid dienone is 1. The van der Waals surface area contributed by atoms with Gasteiger partial charge in [0.1, 0.15) is 0 Å². The minimum atomic E-state index is -1.67. The number of carbonyl (C=O) groups is 2. The van der Waals surface area contributed by atoms with Crippen LogP contribution >= 0.6 is 0 Å². The highest BCUT2D eigenvalue weighted by Gasteiger charge is 2.50. The molecule has 4 rings (SSSR count). The van der Waals surface area contributed by atoms with Crippen molar-refractivity contribution in [1.29, 1.82) is 10.5 Å². The Bertz CT molecular complexity index is 1220. The quantitative estimate of drug-likeness (QED) is 0.519. The second-order valence-electron chi connectivity index (χ2n) is 7.55. The smallest absolute Gasteiger partial charge is 0.262 e. The van der Waals surface area contributed by atoms with Crippen molar-refractivity contribution in [3.63, 3.8) is 0 Å². The molecule has 2 amide bonds. The summed E-state index contributed by atoms with van der Waals surface area (Å²) in [6.45, 7) is 0. The highest BCUT2D eigenvalue weighted by Crippen LogP contribution is 2.44. The fourth-order valence-corrected chi connectivity index (χ4v) is 4.03. The Kier molecular flexibility index (Phi) is 5.66. The fraction of sp³-hybridized carbons (Fsp3) is 0.111. The molecule has 1 heterocycles. The highest BCUT2D eigenvalue weighted by atomic mass is 16.2. The van der Waals surface area contributed by atoms with E-state index in [4.69, 9.17) is 0 Å². The van der Waals surface area contributed by atoms with Gasteiger partial charge in [-0.3, -0.25) is 14.5 Å². The molecule has 0 spiro atoms. The zero-order chi connectivity index (χ0) is 22.6. The summed E-state index contributed by atoms with van der Waals surface area (Å²) in [6, 6.07) is 28.1. The van der Waals surface area contributed by atoms with Crippen LogP contribution in [0.3, 0.4) is 0 Å². The van der Waals surface area contributed by atoms with Crippen molar-refractivity contribution in [2.24, 2.45) is 5.41 Å². The number of hydrogen-bond donors (Lipinski definition) is 0. The number of rotatable bonds is 6. The molecule has 0 aliphatic carbocycles. The van der Waals surface area contributed by atoms with E-state index in [0.29, 0.717) is 5.56 Å². The monoisotopic (exact) mass is 417 g/mol. The zero-order valence-corrected chi connectivity index (χ0v) is 17.2. The third-order valence-corrected chi connectivity index (χ3v) is 5.61. The lowest BCUT2D eigenvalue weighted by Crippen LogP contribution is -2.43. The summed E-state index contributed by atoms with van der Waals surface area (Å²) in [5.74, 6) is -0.997. The maximum absolute atomic E-state index is 13.3. The first kappa shape index (κ1) is 20.8. The zero-order valence-electron chi connectivity index (χ0n) is 17.2. The normalized spacial score (nSPS) is 14.1. The minimum absolute atomic E-state index is 0.0435. The molecule has 0 bridgehead atoms. The lowest BCUT2D eigenvalue weighted by Gasteiger charge is -2.34. The van der Waals surface area contributed by atoms with Crippen LogP contribution in [0.25, 0.3) is 6.08 Å². The predicted molar refractivity (Wildman–Crippen MR) is 120 cm³/mol. The Morgan fingerprint density at radius 2 is 1.28 bits per heavy atom. The van der Waals surface area contributed by atoms with Gasteiger partial charge in [-0.2, -0.15) is 10.5 Å². The number of carbonyl (C=O) groups excluding carboxylic acids is 2. The van der Waals surface area contributed by atoms with Crippen molar-refractivity contribution in [2.45, 2.75) is 12.5 Å². The van der Waals surface area contributed by atoms with Gasteiger partial charge in [-0.15, -0.1) is 0 Å². The molecular formula is C27H19N3O2. The van der Waals surface area contributed by atoms with E-state index < -0.39 is 23.3 Å². The van der Waals surface area contributed by atoms with E-state index in [-0.39, 0.29) is 17.5 Å². The maximum atomic E-state index is 13.3. The van der Waals surface area contributed by atoms with Crippen molar-refractivity contribution in [3.05, 3.63) is 113 Å². The van der Waals surface area contributed by atoms with Gasteiger partial charge in [0.25, 0.3) is 11.8 Å². The first-order valence-electron chi connectivity index (χ1n) is 10.2. The number of benzene rings is 3. The van der Waals surface area contributed by atoms with Gasteiger partial charge in [-0.25, -0.2) is 0 Å². The highest BCUT2D eigenvalue weighted by molar-refractivity contribution is 6.21. The summed E-state index contributed by atoms with van der Waals surface area (Å²) >= 11 is 0. The SMILES string of the molecule is N#CC(C#N)(C/C=C/c1ccccc1)C(c1ccccc1)N1C(=O)c2ccccc2C1=O. The molecule has 0 N–H and O–H groups in total. The van der Waals surface area contributed by atoms with Crippen molar-refractivity contribution < 1.29 is 9.59 Å². The Balaban J connectivity index is 1.80. The van der Waals surface area contributed by atoms with E-state index in [1.807, 2.05) is 36.4 Å². The van der Waals surface area contributed by atoms with E-state index in [2.05, 4.69) is 12.1 Å². The van der Waals surface area contributed by atoms with Gasteiger partial charge in [0.15, 0.2) is 5.41 Å². The van der Waals surface area contributed by atoms with Crippen LogP contribution in [0, 0.1) is 28.1 Å². The van der Waals surface area contributed by atoms with Crippen LogP contribution in [0.15, 0.2) is 91.0 Å². The Morgan fingerprint density at radius 3 is 1.81 bits per heavy atom. The van der Waals surface area contributed by atoms with Crippen molar-refractivity contribution in [2.75, 3.05) is 0 Å². The Morgan fingerprint density at radius 1 is 0.781 bits per heavy atom. The lowest BCUT2D eigenvalue weighted by atomic mass is 9.75. The largest absolute Gasteiger partial charge is 0.269 e. The predicted octanol–water partition coefficient (Wildman–Crippen LogP) is 5.16. The second-order valence-corrected chi connectivity index (χ2v) is 7.55. The molecule has 1 aliphatic heterocycles. The average Bonchev–Trinajstić information content (AvgIpc) is 3.10. The Labute approximate surface area is 186 Å². The van der Waals surface area contributed by atoms with Gasteiger partial charge in [0.2, 0.25) is 0 Å². The van der Waals surface area contributed by atoms with Crippen molar-refractivity contribution in [1.82, 2.24) is 4.90 Å². The van der Waals surface area contributed by atoms with Crippen LogP contribution in [-0.2, 0) is 0 Å². The topological polar surface area (TPSA) is 85.0 Å². The molecule has 0 saturated carbocycles. The van der Waals surface area contributed by atoms with Gasteiger partial charge < -0.3 is 0 Å². The fourth-order valence-electron chi connectivity index (χ4n) is 4.03. The van der Waals surface area contributed by atoms with Crippen LogP contribution in [-0.4, -0.2) is 16.7 Å². The number of nitriles is 2. The first-order valence-corrected chi connectivity index (χ1v) is 10.2. The summed E-state index contributed by atoms with van der Waals surface area (Å²) in [5.41, 5.74) is 0.374. The van der Waals surface area contributed by atoms with Crippen LogP contribution in [0.1, 0.15) is 44.3 Å². The summed E-state index contributed by atoms with van der Waals surface area (Å²) in [4.78, 5) is 27.6. The number of amides is 2. The van der Waals surface area contributed by atoms with E-state index in [0.717, 1.165) is 10.5 Å². The molecule has 1 aliphatic rings. The molecule has 3 aromatic carbocycles. The van der Waals surface area contributed by atoms with Gasteiger partial charge in [-0.05, 0) is 29.7 Å². The summed E-state index contributed by atoms with van der Waals surface area (Å²) in [7, 11) is 0. The van der Waals surface area contributed by atoms with Gasteiger partial charge >= 0.3 is 0 Å². The average molecular weight is 417 g/mol. The number of nitrogens with zero attached hydrogens (tertiary/aromatic N) is 3. The van der Waals surface area contributed by atoms with Gasteiger partial charge in [-0.1, -0.05) is 84.9 Å². The molecule has 0 saturated heterocycles. The van der Waals surface area contributed by atoms with E-state index in [1.54, 1.807) is 60.7 Å². The van der Waals surface area contributed by atoms with E-state index in [1.165, 1.54) is 0 Å². The minimum Gasteiger partial charge on any atom is -0.269 e. The summed E-state index contributed by atoms with van der Waals surface area (Å²) in [6.07, 6.45) is 3.62. The molecule has 3 aromatic rings. The van der Waals surface area contributed by atoms with Crippen LogP contribution in [0.2, 0.25) is 0 Å². The molecule has 1 atom stereocenters. The van der Waals surface area contributed by atoms with Gasteiger partial charge in [0, 0.05) is 0 Å². The molecule has 5 nitrogen and oxygen atoms in total. The summed E-state index contributed by atoms with van der Waals surface area (Å²) < 4.78 is 0. The maximum Gasteiger partial charge on any atom is 0.262 e. The number of hydrogen-bond acceptors (Lipinski definition) is 4. The standard InChI is InChI=1S/C27H19N3O2/c28-18-27(19-29,17-9-12-20-10-3-1-4-11-20)24(21-13-5-2-6-14-21)30-25(31)22-15-7-8-16-23(22)26(30)32/h1-16,24H,17H2/b12-9+. The molecule has 154 valence electrons. The first-order chi connectivity index (χ1) is 15.6. The molecule has 0 radical (unpaired) electrons. The Hall–Kier alpha value is -4.48. The molecule has 0 aromatic heterocycles. The molecule has 1 unspecified atom stereocenters. The van der Waals surface area contributed by atoms with Crippen LogP contribution in [0.5, 0.6) is 0 Å². The number of fused-ring (bicyclic) bond motifs is 1. The molecular weight excluding hydrogens is 398 g/mol. The van der Waals surface area contributed by atoms with E-state index in [9.17, 15) is 20.1 Å².